The maximum absolute atomic E-state index is 13.8. The molecule has 1 aliphatic carbocycles. The summed E-state index contributed by atoms with van der Waals surface area (Å²) in [5.74, 6) is -1.02. The molecule has 5 nitrogen and oxygen atoms in total. The number of halogens is 1. The molecule has 1 aromatic rings. The largest absolute Gasteiger partial charge is 0.387 e. The van der Waals surface area contributed by atoms with Gasteiger partial charge in [0.05, 0.1) is 6.54 Å². The van der Waals surface area contributed by atoms with Crippen molar-refractivity contribution in [1.82, 2.24) is 4.31 Å². The molecule has 2 rings (SSSR count). The lowest BCUT2D eigenvalue weighted by atomic mass is 10.2. The molecular weight excluding hydrogens is 281 g/mol. The van der Waals surface area contributed by atoms with Crippen LogP contribution in [-0.2, 0) is 10.0 Å². The van der Waals surface area contributed by atoms with E-state index in [0.717, 1.165) is 31.7 Å². The summed E-state index contributed by atoms with van der Waals surface area (Å²) in [6.07, 6.45) is 3.32. The molecule has 3 N–H and O–H groups in total. The van der Waals surface area contributed by atoms with E-state index in [0.29, 0.717) is 0 Å². The highest BCUT2D eigenvalue weighted by Crippen LogP contribution is 2.29. The molecule has 0 spiro atoms. The highest BCUT2D eigenvalue weighted by atomic mass is 32.2. The van der Waals surface area contributed by atoms with Crippen LogP contribution in [0.25, 0.3) is 0 Å². The second-order valence-corrected chi connectivity index (χ2v) is 6.80. The number of benzene rings is 1. The molecule has 1 fully saturated rings. The van der Waals surface area contributed by atoms with E-state index in [1.807, 2.05) is 0 Å². The van der Waals surface area contributed by atoms with Crippen LogP contribution >= 0.6 is 0 Å². The van der Waals surface area contributed by atoms with Gasteiger partial charge in [-0.15, -0.1) is 0 Å². The lowest BCUT2D eigenvalue weighted by molar-refractivity contribution is 0.351. The molecule has 110 valence electrons. The zero-order valence-corrected chi connectivity index (χ0v) is 11.9. The molecule has 1 aromatic carbocycles. The number of hydrogen-bond acceptors (Lipinski definition) is 3. The van der Waals surface area contributed by atoms with E-state index < -0.39 is 15.8 Å². The quantitative estimate of drug-likeness (QED) is 0.640. The molecule has 0 heterocycles. The molecule has 1 saturated carbocycles. The fourth-order valence-corrected chi connectivity index (χ4v) is 4.28. The Morgan fingerprint density at radius 3 is 2.50 bits per heavy atom. The van der Waals surface area contributed by atoms with Gasteiger partial charge in [-0.3, -0.25) is 5.41 Å². The molecule has 1 aliphatic rings. The summed E-state index contributed by atoms with van der Waals surface area (Å²) in [6, 6.07) is 5.08. The fourth-order valence-electron chi connectivity index (χ4n) is 2.55. The average Bonchev–Trinajstić information content (AvgIpc) is 2.89. The lowest BCUT2D eigenvalue weighted by Crippen LogP contribution is -2.44. The van der Waals surface area contributed by atoms with Crippen LogP contribution in [0.1, 0.15) is 25.7 Å². The number of sulfonamides is 1. The standard InChI is InChI=1S/C13H18FN3O2S/c14-11-7-3-4-8-12(11)20(18,19)17(9-13(15)16)10-5-1-2-6-10/h3-4,7-8,10H,1-2,5-6,9H2,(H3,15,16). The smallest absolute Gasteiger partial charge is 0.246 e. The summed E-state index contributed by atoms with van der Waals surface area (Å²) in [7, 11) is -3.97. The van der Waals surface area contributed by atoms with Crippen LogP contribution in [0.2, 0.25) is 0 Å². The molecule has 0 unspecified atom stereocenters. The van der Waals surface area contributed by atoms with E-state index in [1.54, 1.807) is 0 Å². The first-order valence-corrected chi connectivity index (χ1v) is 7.96. The van der Waals surface area contributed by atoms with E-state index in [1.165, 1.54) is 22.5 Å². The monoisotopic (exact) mass is 299 g/mol. The molecule has 0 saturated heterocycles. The third-order valence-corrected chi connectivity index (χ3v) is 5.41. The van der Waals surface area contributed by atoms with Gasteiger partial charge in [-0.05, 0) is 25.0 Å². The number of nitrogens with zero attached hydrogens (tertiary/aromatic N) is 1. The number of nitrogens with one attached hydrogen (secondary N) is 1. The lowest BCUT2D eigenvalue weighted by Gasteiger charge is -2.27. The van der Waals surface area contributed by atoms with Crippen molar-refractivity contribution < 1.29 is 12.8 Å². The molecule has 0 atom stereocenters. The van der Waals surface area contributed by atoms with Crippen LogP contribution < -0.4 is 5.73 Å². The molecule has 0 amide bonds. The van der Waals surface area contributed by atoms with Crippen molar-refractivity contribution in [2.24, 2.45) is 5.73 Å². The van der Waals surface area contributed by atoms with Gasteiger partial charge in [0.15, 0.2) is 0 Å². The maximum Gasteiger partial charge on any atom is 0.246 e. The van der Waals surface area contributed by atoms with E-state index in [2.05, 4.69) is 0 Å². The van der Waals surface area contributed by atoms with Gasteiger partial charge in [0.25, 0.3) is 0 Å². The van der Waals surface area contributed by atoms with Gasteiger partial charge < -0.3 is 5.73 Å². The number of rotatable bonds is 5. The Balaban J connectivity index is 2.41. The van der Waals surface area contributed by atoms with Crippen molar-refractivity contribution in [3.8, 4) is 0 Å². The summed E-state index contributed by atoms with van der Waals surface area (Å²) in [4.78, 5) is -0.354. The molecular formula is C13H18FN3O2S. The van der Waals surface area contributed by atoms with Crippen molar-refractivity contribution in [2.75, 3.05) is 6.54 Å². The summed E-state index contributed by atoms with van der Waals surface area (Å²) in [6.45, 7) is -0.193. The van der Waals surface area contributed by atoms with Gasteiger partial charge in [0.2, 0.25) is 10.0 Å². The SMILES string of the molecule is N=C(N)CN(C1CCCC1)S(=O)(=O)c1ccccc1F. The van der Waals surface area contributed by atoms with E-state index >= 15 is 0 Å². The van der Waals surface area contributed by atoms with E-state index in [9.17, 15) is 12.8 Å². The molecule has 20 heavy (non-hydrogen) atoms. The van der Waals surface area contributed by atoms with Gasteiger partial charge in [-0.2, -0.15) is 4.31 Å². The molecule has 0 aromatic heterocycles. The summed E-state index contributed by atoms with van der Waals surface area (Å²) in [5, 5.41) is 7.36. The van der Waals surface area contributed by atoms with Crippen molar-refractivity contribution in [2.45, 2.75) is 36.6 Å². The fraction of sp³-hybridized carbons (Fsp3) is 0.462. The number of amidine groups is 1. The normalized spacial score (nSPS) is 16.7. The van der Waals surface area contributed by atoms with E-state index in [4.69, 9.17) is 11.1 Å². The summed E-state index contributed by atoms with van der Waals surface area (Å²) < 4.78 is 40.2. The Bertz CT molecular complexity index is 597. The third kappa shape index (κ3) is 2.99. The van der Waals surface area contributed by atoms with Crippen molar-refractivity contribution in [3.63, 3.8) is 0 Å². The molecule has 0 aliphatic heterocycles. The minimum atomic E-state index is -3.97. The Kier molecular flexibility index (Phi) is 4.39. The Labute approximate surface area is 118 Å². The predicted molar refractivity (Wildman–Crippen MR) is 74.5 cm³/mol. The van der Waals surface area contributed by atoms with Gasteiger partial charge in [-0.1, -0.05) is 25.0 Å². The van der Waals surface area contributed by atoms with Gasteiger partial charge >= 0.3 is 0 Å². The van der Waals surface area contributed by atoms with Crippen molar-refractivity contribution in [1.29, 1.82) is 5.41 Å². The molecule has 0 radical (unpaired) electrons. The number of nitrogens with two attached hydrogens (primary N) is 1. The average molecular weight is 299 g/mol. The first kappa shape index (κ1) is 14.9. The van der Waals surface area contributed by atoms with E-state index in [-0.39, 0.29) is 23.3 Å². The van der Waals surface area contributed by atoms with Gasteiger partial charge in [0.1, 0.15) is 16.5 Å². The minimum absolute atomic E-state index is 0.193. The highest BCUT2D eigenvalue weighted by molar-refractivity contribution is 7.89. The number of hydrogen-bond donors (Lipinski definition) is 2. The Morgan fingerprint density at radius 2 is 1.95 bits per heavy atom. The Morgan fingerprint density at radius 1 is 1.35 bits per heavy atom. The second-order valence-electron chi connectivity index (χ2n) is 4.94. The van der Waals surface area contributed by atoms with Crippen LogP contribution in [0.15, 0.2) is 29.2 Å². The van der Waals surface area contributed by atoms with Crippen LogP contribution in [0.5, 0.6) is 0 Å². The topological polar surface area (TPSA) is 87.2 Å². The maximum atomic E-state index is 13.8. The van der Waals surface area contributed by atoms with Crippen LogP contribution in [0.4, 0.5) is 4.39 Å². The first-order valence-electron chi connectivity index (χ1n) is 6.52. The zero-order chi connectivity index (χ0) is 14.8. The van der Waals surface area contributed by atoms with Crippen LogP contribution in [0, 0.1) is 11.2 Å². The predicted octanol–water partition coefficient (Wildman–Crippen LogP) is 1.69. The van der Waals surface area contributed by atoms with Gasteiger partial charge in [-0.25, -0.2) is 12.8 Å². The zero-order valence-electron chi connectivity index (χ0n) is 11.0. The summed E-state index contributed by atoms with van der Waals surface area (Å²) >= 11 is 0. The van der Waals surface area contributed by atoms with Crippen molar-refractivity contribution >= 4 is 15.9 Å². The molecule has 7 heteroatoms. The first-order chi connectivity index (χ1) is 9.43. The highest BCUT2D eigenvalue weighted by Gasteiger charge is 2.35. The second kappa shape index (κ2) is 5.88. The van der Waals surface area contributed by atoms with Gasteiger partial charge in [0, 0.05) is 6.04 Å². The van der Waals surface area contributed by atoms with Crippen LogP contribution in [-0.4, -0.2) is 31.1 Å². The Hall–Kier alpha value is -1.47. The van der Waals surface area contributed by atoms with Crippen LogP contribution in [0.3, 0.4) is 0 Å². The minimum Gasteiger partial charge on any atom is -0.387 e. The van der Waals surface area contributed by atoms with Crippen molar-refractivity contribution in [3.05, 3.63) is 30.1 Å². The third-order valence-electron chi connectivity index (χ3n) is 3.48. The molecule has 0 bridgehead atoms. The summed E-state index contributed by atoms with van der Waals surface area (Å²) in [5.41, 5.74) is 5.36.